The van der Waals surface area contributed by atoms with Crippen molar-refractivity contribution in [2.45, 2.75) is 6.92 Å². The Labute approximate surface area is 143 Å². The number of nitrogens with one attached hydrogen (secondary N) is 3. The van der Waals surface area contributed by atoms with E-state index in [-0.39, 0.29) is 11.3 Å². The minimum atomic E-state index is -0.399. The second kappa shape index (κ2) is 6.88. The lowest BCUT2D eigenvalue weighted by molar-refractivity contribution is 0.0937. The van der Waals surface area contributed by atoms with E-state index in [1.807, 2.05) is 30.3 Å². The van der Waals surface area contributed by atoms with Gasteiger partial charge in [0.25, 0.3) is 11.5 Å². The molecule has 0 unspecified atom stereocenters. The van der Waals surface area contributed by atoms with Crippen LogP contribution in [-0.2, 0) is 0 Å². The fourth-order valence-electron chi connectivity index (χ4n) is 2.40. The fraction of sp³-hybridized carbons (Fsp3) is 0.0556. The summed E-state index contributed by atoms with van der Waals surface area (Å²) >= 11 is 0. The summed E-state index contributed by atoms with van der Waals surface area (Å²) in [5.41, 5.74) is 6.47. The Morgan fingerprint density at radius 2 is 1.84 bits per heavy atom. The minimum Gasteiger partial charge on any atom is -0.302 e. The number of aromatic amines is 1. The molecule has 0 spiro atoms. The topological polar surface area (TPSA) is 91.8 Å². The molecule has 0 bridgehead atoms. The van der Waals surface area contributed by atoms with Crippen molar-refractivity contribution in [2.24, 2.45) is 0 Å². The summed E-state index contributed by atoms with van der Waals surface area (Å²) < 4.78 is 1.41. The van der Waals surface area contributed by atoms with E-state index in [1.54, 1.807) is 25.1 Å². The number of para-hydroxylation sites is 1. The molecule has 0 atom stereocenters. The van der Waals surface area contributed by atoms with Gasteiger partial charge in [-0.25, -0.2) is 4.68 Å². The first kappa shape index (κ1) is 16.3. The maximum absolute atomic E-state index is 12.7. The van der Waals surface area contributed by atoms with E-state index < -0.39 is 5.91 Å². The number of carbonyl (C=O) groups is 1. The van der Waals surface area contributed by atoms with Crippen molar-refractivity contribution in [1.29, 1.82) is 0 Å². The van der Waals surface area contributed by atoms with Crippen LogP contribution in [0, 0.1) is 0 Å². The van der Waals surface area contributed by atoms with Crippen molar-refractivity contribution in [3.63, 3.8) is 0 Å². The SMILES string of the molecule is C=c1[nH]n(-c2ccccc2)c(=O)/c1=C(\C)NNC(=O)c1ccccn1. The van der Waals surface area contributed by atoms with Crippen LogP contribution >= 0.6 is 0 Å². The number of benzene rings is 1. The molecular formula is C18H17N5O2. The van der Waals surface area contributed by atoms with Gasteiger partial charge in [0.1, 0.15) is 5.69 Å². The van der Waals surface area contributed by atoms with E-state index in [2.05, 4.69) is 27.5 Å². The standard InChI is InChI=1S/C18H17N5O2/c1-12(20-21-17(24)15-10-6-7-11-19-15)16-13(2)22-23(18(16)25)14-8-4-3-5-9-14/h3-11,20,22H,2H2,1H3,(H,21,24)/b16-12+. The number of nitrogens with zero attached hydrogens (tertiary/aromatic N) is 2. The van der Waals surface area contributed by atoms with E-state index in [0.29, 0.717) is 22.0 Å². The number of carbonyl (C=O) groups excluding carboxylic acids is 1. The molecule has 0 radical (unpaired) electrons. The molecule has 3 aromatic rings. The second-order valence-corrected chi connectivity index (χ2v) is 5.36. The van der Waals surface area contributed by atoms with Gasteiger partial charge < -0.3 is 5.43 Å². The Morgan fingerprint density at radius 3 is 2.52 bits per heavy atom. The molecule has 0 aliphatic heterocycles. The first-order chi connectivity index (χ1) is 12.1. The maximum Gasteiger partial charge on any atom is 0.288 e. The number of H-pyrrole nitrogens is 1. The predicted octanol–water partition coefficient (Wildman–Crippen LogP) is 0.0336. The normalized spacial score (nSPS) is 11.7. The van der Waals surface area contributed by atoms with Crippen LogP contribution in [0.4, 0.5) is 0 Å². The average molecular weight is 335 g/mol. The van der Waals surface area contributed by atoms with Crippen molar-refractivity contribution in [3.8, 4) is 5.69 Å². The summed E-state index contributed by atoms with van der Waals surface area (Å²) in [4.78, 5) is 28.6. The number of aromatic nitrogens is 3. The van der Waals surface area contributed by atoms with Gasteiger partial charge in [0.2, 0.25) is 0 Å². The summed E-state index contributed by atoms with van der Waals surface area (Å²) in [6.07, 6.45) is 1.53. The van der Waals surface area contributed by atoms with E-state index >= 15 is 0 Å². The Bertz CT molecular complexity index is 1050. The van der Waals surface area contributed by atoms with Crippen LogP contribution in [0.2, 0.25) is 0 Å². The molecule has 0 saturated heterocycles. The van der Waals surface area contributed by atoms with Gasteiger partial charge in [-0.15, -0.1) is 0 Å². The zero-order valence-electron chi connectivity index (χ0n) is 13.6. The highest BCUT2D eigenvalue weighted by molar-refractivity contribution is 5.92. The molecule has 25 heavy (non-hydrogen) atoms. The van der Waals surface area contributed by atoms with Crippen molar-refractivity contribution < 1.29 is 4.79 Å². The molecule has 1 aromatic carbocycles. The number of pyridine rings is 1. The third-order valence-electron chi connectivity index (χ3n) is 3.62. The van der Waals surface area contributed by atoms with Gasteiger partial charge in [-0.1, -0.05) is 30.8 Å². The summed E-state index contributed by atoms with van der Waals surface area (Å²) in [6, 6.07) is 14.2. The van der Waals surface area contributed by atoms with Gasteiger partial charge >= 0.3 is 0 Å². The molecule has 3 N–H and O–H groups in total. The monoisotopic (exact) mass is 335 g/mol. The molecule has 7 heteroatoms. The predicted molar refractivity (Wildman–Crippen MR) is 95.1 cm³/mol. The molecule has 0 aliphatic carbocycles. The number of hydrogen-bond donors (Lipinski definition) is 3. The molecule has 2 aromatic heterocycles. The first-order valence-corrected chi connectivity index (χ1v) is 7.61. The Hall–Kier alpha value is -3.61. The van der Waals surface area contributed by atoms with Crippen LogP contribution in [0.1, 0.15) is 17.4 Å². The molecule has 3 rings (SSSR count). The zero-order chi connectivity index (χ0) is 17.8. The van der Waals surface area contributed by atoms with Crippen LogP contribution < -0.4 is 27.0 Å². The number of hydrazine groups is 1. The van der Waals surface area contributed by atoms with Crippen molar-refractivity contribution in [2.75, 3.05) is 0 Å². The molecule has 7 nitrogen and oxygen atoms in total. The quantitative estimate of drug-likeness (QED) is 0.587. The smallest absolute Gasteiger partial charge is 0.288 e. The highest BCUT2D eigenvalue weighted by atomic mass is 16.2. The Morgan fingerprint density at radius 1 is 1.12 bits per heavy atom. The second-order valence-electron chi connectivity index (χ2n) is 5.36. The molecule has 0 fully saturated rings. The highest BCUT2D eigenvalue weighted by Gasteiger charge is 2.09. The summed E-state index contributed by atoms with van der Waals surface area (Å²) in [7, 11) is 0. The molecule has 0 saturated carbocycles. The van der Waals surface area contributed by atoms with E-state index in [1.165, 1.54) is 10.9 Å². The summed E-state index contributed by atoms with van der Waals surface area (Å²) in [5.74, 6) is -0.399. The van der Waals surface area contributed by atoms with E-state index in [0.717, 1.165) is 0 Å². The van der Waals surface area contributed by atoms with Crippen molar-refractivity contribution >= 4 is 18.2 Å². The number of rotatable bonds is 4. The van der Waals surface area contributed by atoms with Gasteiger partial charge in [0.05, 0.1) is 16.3 Å². The minimum absolute atomic E-state index is 0.256. The van der Waals surface area contributed by atoms with Crippen LogP contribution in [0.5, 0.6) is 0 Å². The van der Waals surface area contributed by atoms with Gasteiger partial charge in [-0.2, -0.15) is 0 Å². The van der Waals surface area contributed by atoms with E-state index in [4.69, 9.17) is 0 Å². The average Bonchev–Trinajstić information content (AvgIpc) is 2.95. The molecular weight excluding hydrogens is 318 g/mol. The van der Waals surface area contributed by atoms with Crippen LogP contribution in [0.25, 0.3) is 18.0 Å². The van der Waals surface area contributed by atoms with Crippen LogP contribution in [0.15, 0.2) is 59.5 Å². The van der Waals surface area contributed by atoms with Crippen LogP contribution in [0.3, 0.4) is 0 Å². The number of amides is 1. The molecule has 1 amide bonds. The highest BCUT2D eigenvalue weighted by Crippen LogP contribution is 1.99. The third kappa shape index (κ3) is 3.35. The molecule has 126 valence electrons. The van der Waals surface area contributed by atoms with Crippen molar-refractivity contribution in [3.05, 3.63) is 81.3 Å². The van der Waals surface area contributed by atoms with Crippen LogP contribution in [-0.4, -0.2) is 20.7 Å². The summed E-state index contributed by atoms with van der Waals surface area (Å²) in [6.45, 7) is 5.56. The zero-order valence-corrected chi connectivity index (χ0v) is 13.6. The maximum atomic E-state index is 12.7. The molecule has 0 aliphatic rings. The fourth-order valence-corrected chi connectivity index (χ4v) is 2.40. The lowest BCUT2D eigenvalue weighted by atomic mass is 10.3. The largest absolute Gasteiger partial charge is 0.302 e. The first-order valence-electron chi connectivity index (χ1n) is 7.61. The Balaban J connectivity index is 1.90. The van der Waals surface area contributed by atoms with Gasteiger partial charge in [0, 0.05) is 11.9 Å². The lowest BCUT2D eigenvalue weighted by Gasteiger charge is -2.07. The summed E-state index contributed by atoms with van der Waals surface area (Å²) in [5, 5.41) is 3.75. The Kier molecular flexibility index (Phi) is 4.47. The van der Waals surface area contributed by atoms with E-state index in [9.17, 15) is 9.59 Å². The van der Waals surface area contributed by atoms with Gasteiger partial charge in [-0.3, -0.25) is 25.1 Å². The number of hydrogen-bond acceptors (Lipinski definition) is 4. The third-order valence-corrected chi connectivity index (χ3v) is 3.62. The van der Waals surface area contributed by atoms with Gasteiger partial charge in [0.15, 0.2) is 0 Å². The van der Waals surface area contributed by atoms with Crippen molar-refractivity contribution in [1.82, 2.24) is 25.6 Å². The lowest BCUT2D eigenvalue weighted by Crippen LogP contribution is -2.44. The molecule has 2 heterocycles. The van der Waals surface area contributed by atoms with Gasteiger partial charge in [-0.05, 0) is 31.2 Å².